The largest absolute Gasteiger partial charge is 0.481 e. The monoisotopic (exact) mass is 270 g/mol. The summed E-state index contributed by atoms with van der Waals surface area (Å²) in [5, 5.41) is 15.4. The molecule has 5 heteroatoms. The van der Waals surface area contributed by atoms with E-state index in [1.54, 1.807) is 0 Å². The first-order chi connectivity index (χ1) is 9.04. The quantitative estimate of drug-likeness (QED) is 0.653. The first kappa shape index (κ1) is 16.0. The number of hydrogen-bond acceptors (Lipinski definition) is 3. The van der Waals surface area contributed by atoms with Gasteiger partial charge in [-0.05, 0) is 44.7 Å². The first-order valence-electron chi connectivity index (χ1n) is 7.25. The van der Waals surface area contributed by atoms with Crippen LogP contribution in [0, 0.1) is 11.3 Å². The lowest BCUT2D eigenvalue weighted by Crippen LogP contribution is -2.43. The van der Waals surface area contributed by atoms with Crippen molar-refractivity contribution in [2.75, 3.05) is 19.6 Å². The number of carbonyl (C=O) groups is 2. The van der Waals surface area contributed by atoms with E-state index in [1.807, 2.05) is 13.8 Å². The molecule has 0 atom stereocenters. The molecular weight excluding hydrogens is 244 g/mol. The van der Waals surface area contributed by atoms with Crippen molar-refractivity contribution < 1.29 is 14.7 Å². The zero-order valence-corrected chi connectivity index (χ0v) is 12.0. The molecule has 1 rings (SSSR count). The molecule has 1 aliphatic rings. The molecule has 0 saturated carbocycles. The summed E-state index contributed by atoms with van der Waals surface area (Å²) in [7, 11) is 0. The van der Waals surface area contributed by atoms with Gasteiger partial charge in [0.2, 0.25) is 5.91 Å². The van der Waals surface area contributed by atoms with Crippen molar-refractivity contribution in [2.24, 2.45) is 11.3 Å². The van der Waals surface area contributed by atoms with Crippen LogP contribution in [0.5, 0.6) is 0 Å². The minimum atomic E-state index is -0.820. The van der Waals surface area contributed by atoms with Crippen LogP contribution in [-0.2, 0) is 9.59 Å². The van der Waals surface area contributed by atoms with E-state index in [1.165, 1.54) is 0 Å². The van der Waals surface area contributed by atoms with Crippen molar-refractivity contribution in [3.05, 3.63) is 0 Å². The van der Waals surface area contributed by atoms with Gasteiger partial charge in [0, 0.05) is 13.0 Å². The molecule has 3 N–H and O–H groups in total. The Morgan fingerprint density at radius 2 is 1.84 bits per heavy atom. The minimum absolute atomic E-state index is 0.0144. The van der Waals surface area contributed by atoms with Crippen LogP contribution in [0.4, 0.5) is 0 Å². The minimum Gasteiger partial charge on any atom is -0.481 e. The SMILES string of the molecule is CCC(CC)(CNC(=O)CC1CCNCC1)C(=O)O. The number of carboxylic acids is 1. The molecule has 1 saturated heterocycles. The number of nitrogens with one attached hydrogen (secondary N) is 2. The fraction of sp³-hybridized carbons (Fsp3) is 0.857. The molecule has 110 valence electrons. The van der Waals surface area contributed by atoms with E-state index in [0.29, 0.717) is 25.2 Å². The summed E-state index contributed by atoms with van der Waals surface area (Å²) >= 11 is 0. The Kier molecular flexibility index (Phi) is 6.28. The molecule has 19 heavy (non-hydrogen) atoms. The molecule has 0 aromatic heterocycles. The standard InChI is InChI=1S/C14H26N2O3/c1-3-14(4-2,13(18)19)10-16-12(17)9-11-5-7-15-8-6-11/h11,15H,3-10H2,1-2H3,(H,16,17)(H,18,19). The topological polar surface area (TPSA) is 78.4 Å². The van der Waals surface area contributed by atoms with Gasteiger partial charge in [-0.15, -0.1) is 0 Å². The Morgan fingerprint density at radius 3 is 2.32 bits per heavy atom. The third-order valence-electron chi connectivity index (χ3n) is 4.36. The van der Waals surface area contributed by atoms with E-state index < -0.39 is 11.4 Å². The Labute approximate surface area is 115 Å². The Bertz CT molecular complexity index is 308. The average molecular weight is 270 g/mol. The van der Waals surface area contributed by atoms with Crippen molar-refractivity contribution in [3.8, 4) is 0 Å². The highest BCUT2D eigenvalue weighted by atomic mass is 16.4. The maximum atomic E-state index is 11.9. The van der Waals surface area contributed by atoms with Crippen LogP contribution in [0.25, 0.3) is 0 Å². The van der Waals surface area contributed by atoms with Gasteiger partial charge in [0.25, 0.3) is 0 Å². The lowest BCUT2D eigenvalue weighted by molar-refractivity contribution is -0.149. The average Bonchev–Trinajstić information content (AvgIpc) is 2.41. The number of carbonyl (C=O) groups excluding carboxylic acids is 1. The summed E-state index contributed by atoms with van der Waals surface area (Å²) in [6, 6.07) is 0. The highest BCUT2D eigenvalue weighted by molar-refractivity contribution is 5.79. The molecule has 0 aliphatic carbocycles. The summed E-state index contributed by atoms with van der Waals surface area (Å²) in [5.41, 5.74) is -0.816. The number of piperidine rings is 1. The van der Waals surface area contributed by atoms with Gasteiger partial charge in [0.1, 0.15) is 0 Å². The van der Waals surface area contributed by atoms with Crippen LogP contribution in [0.3, 0.4) is 0 Å². The molecule has 0 aromatic carbocycles. The number of amides is 1. The molecule has 1 amide bonds. The predicted octanol–water partition coefficient (Wildman–Crippen LogP) is 1.38. The predicted molar refractivity (Wildman–Crippen MR) is 73.9 cm³/mol. The molecule has 0 bridgehead atoms. The summed E-state index contributed by atoms with van der Waals surface area (Å²) < 4.78 is 0. The molecule has 5 nitrogen and oxygen atoms in total. The fourth-order valence-electron chi connectivity index (χ4n) is 2.57. The van der Waals surface area contributed by atoms with Crippen LogP contribution in [0.2, 0.25) is 0 Å². The highest BCUT2D eigenvalue weighted by Crippen LogP contribution is 2.26. The summed E-state index contributed by atoms with van der Waals surface area (Å²) in [6.07, 6.45) is 3.64. The molecule has 1 aliphatic heterocycles. The first-order valence-corrected chi connectivity index (χ1v) is 7.25. The van der Waals surface area contributed by atoms with Crippen molar-refractivity contribution in [3.63, 3.8) is 0 Å². The van der Waals surface area contributed by atoms with Gasteiger partial charge in [0.05, 0.1) is 5.41 Å². The van der Waals surface area contributed by atoms with Gasteiger partial charge >= 0.3 is 5.97 Å². The number of rotatable bonds is 7. The van der Waals surface area contributed by atoms with Gasteiger partial charge in [-0.3, -0.25) is 9.59 Å². The lowest BCUT2D eigenvalue weighted by atomic mass is 9.82. The smallest absolute Gasteiger partial charge is 0.311 e. The second-order valence-corrected chi connectivity index (χ2v) is 5.47. The maximum Gasteiger partial charge on any atom is 0.311 e. The number of hydrogen-bond donors (Lipinski definition) is 3. The van der Waals surface area contributed by atoms with Crippen molar-refractivity contribution >= 4 is 11.9 Å². The van der Waals surface area contributed by atoms with Crippen LogP contribution < -0.4 is 10.6 Å². The van der Waals surface area contributed by atoms with Crippen molar-refractivity contribution in [1.29, 1.82) is 0 Å². The molecule has 0 unspecified atom stereocenters. The molecule has 1 fully saturated rings. The molecule has 0 spiro atoms. The van der Waals surface area contributed by atoms with Crippen LogP contribution in [-0.4, -0.2) is 36.6 Å². The Hall–Kier alpha value is -1.10. The maximum absolute atomic E-state index is 11.9. The summed E-state index contributed by atoms with van der Waals surface area (Å²) in [4.78, 5) is 23.2. The van der Waals surface area contributed by atoms with E-state index >= 15 is 0 Å². The fourth-order valence-corrected chi connectivity index (χ4v) is 2.57. The molecule has 0 aromatic rings. The van der Waals surface area contributed by atoms with Crippen LogP contribution in [0.1, 0.15) is 46.0 Å². The van der Waals surface area contributed by atoms with Gasteiger partial charge in [-0.1, -0.05) is 13.8 Å². The van der Waals surface area contributed by atoms with E-state index in [0.717, 1.165) is 25.9 Å². The van der Waals surface area contributed by atoms with Crippen molar-refractivity contribution in [1.82, 2.24) is 10.6 Å². The van der Waals surface area contributed by atoms with Gasteiger partial charge in [-0.2, -0.15) is 0 Å². The zero-order chi connectivity index (χ0) is 14.3. The van der Waals surface area contributed by atoms with Gasteiger partial charge in [-0.25, -0.2) is 0 Å². The molecular formula is C14H26N2O3. The van der Waals surface area contributed by atoms with E-state index in [9.17, 15) is 14.7 Å². The molecule has 1 heterocycles. The highest BCUT2D eigenvalue weighted by Gasteiger charge is 2.35. The van der Waals surface area contributed by atoms with Gasteiger partial charge in [0.15, 0.2) is 0 Å². The summed E-state index contributed by atoms with van der Waals surface area (Å²) in [5.74, 6) is -0.400. The number of carboxylic acid groups (broad SMARTS) is 1. The van der Waals surface area contributed by atoms with Gasteiger partial charge < -0.3 is 15.7 Å². The third-order valence-corrected chi connectivity index (χ3v) is 4.36. The Balaban J connectivity index is 2.41. The second kappa shape index (κ2) is 7.48. The van der Waals surface area contributed by atoms with Crippen LogP contribution >= 0.6 is 0 Å². The van der Waals surface area contributed by atoms with Crippen LogP contribution in [0.15, 0.2) is 0 Å². The normalized spacial score (nSPS) is 17.2. The van der Waals surface area contributed by atoms with E-state index in [-0.39, 0.29) is 12.5 Å². The number of aliphatic carboxylic acids is 1. The van der Waals surface area contributed by atoms with E-state index in [4.69, 9.17) is 0 Å². The zero-order valence-electron chi connectivity index (χ0n) is 12.0. The third kappa shape index (κ3) is 4.49. The van der Waals surface area contributed by atoms with E-state index in [2.05, 4.69) is 10.6 Å². The van der Waals surface area contributed by atoms with Crippen molar-refractivity contribution in [2.45, 2.75) is 46.0 Å². The Morgan fingerprint density at radius 1 is 1.26 bits per heavy atom. The lowest BCUT2D eigenvalue weighted by Gasteiger charge is -2.27. The second-order valence-electron chi connectivity index (χ2n) is 5.47. The summed E-state index contributed by atoms with van der Waals surface area (Å²) in [6.45, 7) is 5.90. The molecule has 0 radical (unpaired) electrons.